The van der Waals surface area contributed by atoms with Gasteiger partial charge in [0.05, 0.1) is 16.8 Å². The molecule has 1 fully saturated rings. The molecule has 1 aliphatic rings. The topological polar surface area (TPSA) is 122 Å². The fraction of sp³-hybridized carbons (Fsp3) is 0.318. The van der Waals surface area contributed by atoms with E-state index in [0.29, 0.717) is 11.2 Å². The third-order valence-electron chi connectivity index (χ3n) is 5.62. The van der Waals surface area contributed by atoms with Crippen molar-refractivity contribution in [2.24, 2.45) is 7.05 Å². The summed E-state index contributed by atoms with van der Waals surface area (Å²) in [6.07, 6.45) is 0.191. The Labute approximate surface area is 190 Å². The molecule has 1 saturated heterocycles. The number of fused-ring (bicyclic) bond motifs is 1. The highest BCUT2D eigenvalue weighted by Gasteiger charge is 2.30. The summed E-state index contributed by atoms with van der Waals surface area (Å²) in [4.78, 5) is 37.2. The normalized spacial score (nSPS) is 15.0. The van der Waals surface area contributed by atoms with E-state index in [1.54, 1.807) is 42.3 Å². The van der Waals surface area contributed by atoms with Gasteiger partial charge in [-0.05, 0) is 29.8 Å². The van der Waals surface area contributed by atoms with Gasteiger partial charge >= 0.3 is 5.76 Å². The molecule has 0 unspecified atom stereocenters. The number of anilines is 1. The predicted octanol–water partition coefficient (Wildman–Crippen LogP) is 1.17. The van der Waals surface area contributed by atoms with Crippen molar-refractivity contribution in [1.82, 2.24) is 13.8 Å². The third kappa shape index (κ3) is 4.69. The molecular weight excluding hydrogens is 448 g/mol. The first-order valence-corrected chi connectivity index (χ1v) is 11.8. The van der Waals surface area contributed by atoms with Crippen LogP contribution >= 0.6 is 0 Å². The van der Waals surface area contributed by atoms with Crippen molar-refractivity contribution in [3.05, 3.63) is 58.6 Å². The van der Waals surface area contributed by atoms with E-state index in [4.69, 9.17) is 4.42 Å². The first-order chi connectivity index (χ1) is 15.6. The van der Waals surface area contributed by atoms with E-state index in [1.807, 2.05) is 0 Å². The molecule has 1 aliphatic heterocycles. The zero-order valence-corrected chi connectivity index (χ0v) is 19.1. The van der Waals surface area contributed by atoms with Gasteiger partial charge in [-0.1, -0.05) is 12.1 Å². The molecule has 2 aromatic carbocycles. The second-order valence-electron chi connectivity index (χ2n) is 7.90. The highest BCUT2D eigenvalue weighted by Crippen LogP contribution is 2.22. The van der Waals surface area contributed by atoms with Crippen molar-refractivity contribution >= 4 is 38.6 Å². The molecule has 0 atom stereocenters. The second-order valence-corrected chi connectivity index (χ2v) is 9.83. The highest BCUT2D eigenvalue weighted by molar-refractivity contribution is 7.89. The van der Waals surface area contributed by atoms with Gasteiger partial charge in [0.2, 0.25) is 21.8 Å². The van der Waals surface area contributed by atoms with Crippen LogP contribution in [0.1, 0.15) is 12.5 Å². The van der Waals surface area contributed by atoms with E-state index in [9.17, 15) is 22.8 Å². The number of nitrogens with one attached hydrogen (secondary N) is 1. The molecule has 0 spiro atoms. The van der Waals surface area contributed by atoms with Crippen LogP contribution in [0.3, 0.4) is 0 Å². The number of hydrogen-bond donors (Lipinski definition) is 1. The van der Waals surface area contributed by atoms with Gasteiger partial charge in [0.1, 0.15) is 0 Å². The molecule has 1 N–H and O–H groups in total. The Morgan fingerprint density at radius 2 is 1.70 bits per heavy atom. The van der Waals surface area contributed by atoms with Gasteiger partial charge in [-0.3, -0.25) is 14.2 Å². The van der Waals surface area contributed by atoms with Crippen molar-refractivity contribution in [1.29, 1.82) is 0 Å². The SMILES string of the molecule is CC(=O)Nc1ccc(CC(=O)N2CCN(S(=O)(=O)c3ccc4c(c3)oc(=O)n4C)CC2)cc1. The van der Waals surface area contributed by atoms with E-state index in [2.05, 4.69) is 5.32 Å². The Morgan fingerprint density at radius 3 is 2.33 bits per heavy atom. The Balaban J connectivity index is 1.39. The number of aromatic nitrogens is 1. The lowest BCUT2D eigenvalue weighted by Crippen LogP contribution is -2.50. The largest absolute Gasteiger partial charge is 0.419 e. The number of oxazole rings is 1. The lowest BCUT2D eigenvalue weighted by Gasteiger charge is -2.34. The molecule has 0 bridgehead atoms. The van der Waals surface area contributed by atoms with E-state index in [0.717, 1.165) is 5.56 Å². The summed E-state index contributed by atoms with van der Waals surface area (Å²) in [5.74, 6) is -0.817. The molecule has 2 amide bonds. The number of rotatable bonds is 5. The third-order valence-corrected chi connectivity index (χ3v) is 7.52. The summed E-state index contributed by atoms with van der Waals surface area (Å²) in [5.41, 5.74) is 2.19. The van der Waals surface area contributed by atoms with E-state index in [-0.39, 0.29) is 54.9 Å². The van der Waals surface area contributed by atoms with Crippen LogP contribution in [-0.2, 0) is 33.1 Å². The molecular formula is C22H24N4O6S. The number of carbonyl (C=O) groups is 2. The molecule has 0 saturated carbocycles. The Kier molecular flexibility index (Phi) is 6.09. The van der Waals surface area contributed by atoms with Crippen LogP contribution in [0.5, 0.6) is 0 Å². The number of piperazine rings is 1. The first-order valence-electron chi connectivity index (χ1n) is 10.4. The minimum Gasteiger partial charge on any atom is -0.408 e. The fourth-order valence-corrected chi connectivity index (χ4v) is 5.24. The molecule has 0 radical (unpaired) electrons. The van der Waals surface area contributed by atoms with Gasteiger partial charge in [0.15, 0.2) is 5.58 Å². The van der Waals surface area contributed by atoms with Crippen molar-refractivity contribution in [2.45, 2.75) is 18.2 Å². The quantitative estimate of drug-likeness (QED) is 0.595. The lowest BCUT2D eigenvalue weighted by molar-refractivity contribution is -0.131. The average molecular weight is 473 g/mol. The van der Waals surface area contributed by atoms with Gasteiger partial charge in [-0.2, -0.15) is 4.31 Å². The molecule has 2 heterocycles. The molecule has 4 rings (SSSR count). The van der Waals surface area contributed by atoms with Gasteiger partial charge < -0.3 is 14.6 Å². The van der Waals surface area contributed by atoms with Crippen molar-refractivity contribution in [2.75, 3.05) is 31.5 Å². The summed E-state index contributed by atoms with van der Waals surface area (Å²) in [7, 11) is -2.24. The molecule has 11 heteroatoms. The van der Waals surface area contributed by atoms with Crippen LogP contribution in [0.4, 0.5) is 5.69 Å². The fourth-order valence-electron chi connectivity index (χ4n) is 3.80. The number of nitrogens with zero attached hydrogens (tertiary/aromatic N) is 3. The van der Waals surface area contributed by atoms with Gasteiger partial charge in [-0.25, -0.2) is 13.2 Å². The molecule has 0 aliphatic carbocycles. The van der Waals surface area contributed by atoms with Crippen LogP contribution < -0.4 is 11.1 Å². The predicted molar refractivity (Wildman–Crippen MR) is 121 cm³/mol. The summed E-state index contributed by atoms with van der Waals surface area (Å²) >= 11 is 0. The first kappa shape index (κ1) is 22.7. The van der Waals surface area contributed by atoms with Gasteiger partial charge in [-0.15, -0.1) is 0 Å². The summed E-state index contributed by atoms with van der Waals surface area (Å²) in [6, 6.07) is 11.4. The molecule has 174 valence electrons. The van der Waals surface area contributed by atoms with E-state index >= 15 is 0 Å². The monoisotopic (exact) mass is 472 g/mol. The van der Waals surface area contributed by atoms with Gasteiger partial charge in [0.25, 0.3) is 0 Å². The number of amides is 2. The average Bonchev–Trinajstić information content (AvgIpc) is 3.07. The minimum absolute atomic E-state index is 0.0448. The zero-order chi connectivity index (χ0) is 23.8. The van der Waals surface area contributed by atoms with Crippen LogP contribution in [0.25, 0.3) is 11.1 Å². The van der Waals surface area contributed by atoms with Crippen molar-refractivity contribution < 1.29 is 22.4 Å². The lowest BCUT2D eigenvalue weighted by atomic mass is 10.1. The number of sulfonamides is 1. The summed E-state index contributed by atoms with van der Waals surface area (Å²) in [5, 5.41) is 2.68. The standard InChI is InChI=1S/C22H24N4O6S/c1-15(27)23-17-5-3-16(4-6-17)13-21(28)25-9-11-26(12-10-25)33(30,31)18-7-8-19-20(14-18)32-22(29)24(19)2/h3-8,14H,9-13H2,1-2H3,(H,23,27). The molecule has 33 heavy (non-hydrogen) atoms. The molecule has 3 aromatic rings. The highest BCUT2D eigenvalue weighted by atomic mass is 32.2. The smallest absolute Gasteiger partial charge is 0.408 e. The number of aryl methyl sites for hydroxylation is 1. The van der Waals surface area contributed by atoms with Gasteiger partial charge in [0, 0.05) is 51.9 Å². The minimum atomic E-state index is -3.79. The molecule has 1 aromatic heterocycles. The van der Waals surface area contributed by atoms with Crippen LogP contribution in [0.2, 0.25) is 0 Å². The van der Waals surface area contributed by atoms with Crippen molar-refractivity contribution in [3.8, 4) is 0 Å². The van der Waals surface area contributed by atoms with Crippen molar-refractivity contribution in [3.63, 3.8) is 0 Å². The summed E-state index contributed by atoms with van der Waals surface area (Å²) in [6.45, 7) is 2.34. The molecule has 10 nitrogen and oxygen atoms in total. The van der Waals surface area contributed by atoms with Crippen LogP contribution in [0.15, 0.2) is 56.6 Å². The van der Waals surface area contributed by atoms with Crippen LogP contribution in [-0.4, -0.2) is 60.2 Å². The van der Waals surface area contributed by atoms with Crippen LogP contribution in [0, 0.1) is 0 Å². The Bertz CT molecular complexity index is 1370. The van der Waals surface area contributed by atoms with E-state index < -0.39 is 15.8 Å². The number of benzene rings is 2. The number of hydrogen-bond acceptors (Lipinski definition) is 6. The second kappa shape index (κ2) is 8.83. The summed E-state index contributed by atoms with van der Waals surface area (Å²) < 4.78 is 33.9. The zero-order valence-electron chi connectivity index (χ0n) is 18.3. The van der Waals surface area contributed by atoms with E-state index in [1.165, 1.54) is 27.9 Å². The maximum atomic E-state index is 13.1. The number of carbonyl (C=O) groups excluding carboxylic acids is 2. The Morgan fingerprint density at radius 1 is 1.03 bits per heavy atom. The maximum absolute atomic E-state index is 13.1. The maximum Gasteiger partial charge on any atom is 0.419 e. The Hall–Kier alpha value is -3.44.